The molecule has 90 valence electrons. The lowest BCUT2D eigenvalue weighted by molar-refractivity contribution is 0.631. The fourth-order valence-electron chi connectivity index (χ4n) is 1.84. The van der Waals surface area contributed by atoms with E-state index in [1.807, 2.05) is 42.1 Å². The van der Waals surface area contributed by atoms with Crippen LogP contribution in [0.5, 0.6) is 0 Å². The second-order valence-electron chi connectivity index (χ2n) is 3.86. The normalized spacial score (nSPS) is 12.6. The molecule has 0 saturated carbocycles. The summed E-state index contributed by atoms with van der Waals surface area (Å²) in [7, 11) is 0. The van der Waals surface area contributed by atoms with Gasteiger partial charge in [0.05, 0.1) is 12.2 Å². The fourth-order valence-corrected chi connectivity index (χ4v) is 1.84. The zero-order chi connectivity index (χ0) is 12.3. The Morgan fingerprint density at radius 3 is 2.76 bits per heavy atom. The van der Waals surface area contributed by atoms with Crippen LogP contribution in [0.1, 0.15) is 24.1 Å². The van der Waals surface area contributed by atoms with Gasteiger partial charge in [-0.1, -0.05) is 18.2 Å². The van der Waals surface area contributed by atoms with E-state index in [-0.39, 0.29) is 6.04 Å². The molecular formula is C12H17N5. The molecule has 0 aliphatic heterocycles. The number of aromatic nitrogens is 2. The van der Waals surface area contributed by atoms with Gasteiger partial charge in [0.1, 0.15) is 0 Å². The van der Waals surface area contributed by atoms with Gasteiger partial charge in [0.2, 0.25) is 0 Å². The minimum Gasteiger partial charge on any atom is -0.398 e. The first-order valence-electron chi connectivity index (χ1n) is 5.59. The van der Waals surface area contributed by atoms with Crippen LogP contribution in [-0.4, -0.2) is 9.78 Å². The van der Waals surface area contributed by atoms with E-state index in [4.69, 9.17) is 11.6 Å². The van der Waals surface area contributed by atoms with E-state index in [2.05, 4.69) is 10.5 Å². The molecule has 2 rings (SSSR count). The Hall–Kier alpha value is -1.85. The van der Waals surface area contributed by atoms with Crippen molar-refractivity contribution in [2.24, 2.45) is 5.84 Å². The number of para-hydroxylation sites is 1. The maximum atomic E-state index is 5.95. The number of hydrogen-bond donors (Lipinski definition) is 3. The van der Waals surface area contributed by atoms with E-state index in [0.29, 0.717) is 0 Å². The summed E-state index contributed by atoms with van der Waals surface area (Å²) in [6, 6.07) is 7.55. The molecule has 1 heterocycles. The van der Waals surface area contributed by atoms with Crippen LogP contribution < -0.4 is 17.0 Å². The van der Waals surface area contributed by atoms with Crippen LogP contribution in [0.15, 0.2) is 36.7 Å². The smallest absolute Gasteiger partial charge is 0.0760 e. The van der Waals surface area contributed by atoms with Crippen LogP contribution >= 0.6 is 0 Å². The molecule has 1 aromatic carbocycles. The van der Waals surface area contributed by atoms with E-state index in [0.717, 1.165) is 23.4 Å². The van der Waals surface area contributed by atoms with Crippen molar-refractivity contribution in [1.82, 2.24) is 15.2 Å². The second kappa shape index (κ2) is 4.99. The van der Waals surface area contributed by atoms with Gasteiger partial charge in [0.25, 0.3) is 0 Å². The van der Waals surface area contributed by atoms with Crippen LogP contribution in [0, 0.1) is 0 Å². The molecule has 5 N–H and O–H groups in total. The highest BCUT2D eigenvalue weighted by Gasteiger charge is 2.16. The van der Waals surface area contributed by atoms with Gasteiger partial charge in [0, 0.05) is 24.0 Å². The van der Waals surface area contributed by atoms with Crippen molar-refractivity contribution in [3.05, 3.63) is 47.8 Å². The van der Waals surface area contributed by atoms with Crippen LogP contribution in [0.4, 0.5) is 5.69 Å². The van der Waals surface area contributed by atoms with Crippen LogP contribution in [-0.2, 0) is 6.54 Å². The van der Waals surface area contributed by atoms with Crippen molar-refractivity contribution in [2.45, 2.75) is 19.5 Å². The van der Waals surface area contributed by atoms with Crippen molar-refractivity contribution in [3.63, 3.8) is 0 Å². The van der Waals surface area contributed by atoms with E-state index < -0.39 is 0 Å². The highest BCUT2D eigenvalue weighted by atomic mass is 15.3. The highest BCUT2D eigenvalue weighted by Crippen LogP contribution is 2.25. The number of hydrogen-bond acceptors (Lipinski definition) is 4. The maximum absolute atomic E-state index is 5.95. The van der Waals surface area contributed by atoms with Crippen molar-refractivity contribution in [3.8, 4) is 0 Å². The second-order valence-corrected chi connectivity index (χ2v) is 3.86. The zero-order valence-electron chi connectivity index (χ0n) is 9.80. The summed E-state index contributed by atoms with van der Waals surface area (Å²) in [5.74, 6) is 5.61. The summed E-state index contributed by atoms with van der Waals surface area (Å²) < 4.78 is 1.86. The van der Waals surface area contributed by atoms with Crippen molar-refractivity contribution in [2.75, 3.05) is 5.73 Å². The third kappa shape index (κ3) is 2.30. The Kier molecular flexibility index (Phi) is 3.41. The van der Waals surface area contributed by atoms with Gasteiger partial charge in [-0.05, 0) is 18.6 Å². The molecule has 1 aromatic heterocycles. The number of nitrogen functional groups attached to an aromatic ring is 1. The monoisotopic (exact) mass is 231 g/mol. The van der Waals surface area contributed by atoms with Gasteiger partial charge >= 0.3 is 0 Å². The largest absolute Gasteiger partial charge is 0.398 e. The number of hydrazine groups is 1. The first-order chi connectivity index (χ1) is 8.26. The molecule has 5 heteroatoms. The molecule has 0 aliphatic carbocycles. The fraction of sp³-hybridized carbons (Fsp3) is 0.250. The minimum absolute atomic E-state index is 0.128. The van der Waals surface area contributed by atoms with E-state index in [1.165, 1.54) is 0 Å². The Balaban J connectivity index is 2.36. The van der Waals surface area contributed by atoms with E-state index >= 15 is 0 Å². The maximum Gasteiger partial charge on any atom is 0.0760 e. The lowest BCUT2D eigenvalue weighted by atomic mass is 10.0. The number of nitrogens with zero attached hydrogens (tertiary/aromatic N) is 2. The molecule has 0 bridgehead atoms. The molecule has 1 unspecified atom stereocenters. The zero-order valence-corrected chi connectivity index (χ0v) is 9.80. The third-order valence-corrected chi connectivity index (χ3v) is 2.78. The van der Waals surface area contributed by atoms with Gasteiger partial charge in [-0.25, -0.2) is 5.43 Å². The average molecular weight is 231 g/mol. The SMILES string of the molecule is CCn1cc(C(NN)c2ccccc2N)cn1. The third-order valence-electron chi connectivity index (χ3n) is 2.78. The Bertz CT molecular complexity index is 491. The number of rotatable bonds is 4. The summed E-state index contributed by atoms with van der Waals surface area (Å²) in [4.78, 5) is 0. The van der Waals surface area contributed by atoms with Crippen LogP contribution in [0.25, 0.3) is 0 Å². The summed E-state index contributed by atoms with van der Waals surface area (Å²) in [6.45, 7) is 2.88. The summed E-state index contributed by atoms with van der Waals surface area (Å²) in [5.41, 5.74) is 11.4. The molecule has 0 spiro atoms. The summed E-state index contributed by atoms with van der Waals surface area (Å²) in [5, 5.41) is 4.24. The average Bonchev–Trinajstić information content (AvgIpc) is 2.81. The molecule has 5 nitrogen and oxygen atoms in total. The summed E-state index contributed by atoms with van der Waals surface area (Å²) >= 11 is 0. The topological polar surface area (TPSA) is 81.9 Å². The molecule has 0 radical (unpaired) electrons. The first kappa shape index (κ1) is 11.6. The molecule has 0 aliphatic rings. The van der Waals surface area contributed by atoms with E-state index in [9.17, 15) is 0 Å². The lowest BCUT2D eigenvalue weighted by Crippen LogP contribution is -2.29. The molecule has 0 saturated heterocycles. The van der Waals surface area contributed by atoms with Crippen molar-refractivity contribution < 1.29 is 0 Å². The van der Waals surface area contributed by atoms with Crippen molar-refractivity contribution in [1.29, 1.82) is 0 Å². The van der Waals surface area contributed by atoms with Crippen LogP contribution in [0.3, 0.4) is 0 Å². The number of anilines is 1. The van der Waals surface area contributed by atoms with Gasteiger partial charge in [-0.3, -0.25) is 10.5 Å². The molecule has 17 heavy (non-hydrogen) atoms. The van der Waals surface area contributed by atoms with Gasteiger partial charge < -0.3 is 5.73 Å². The lowest BCUT2D eigenvalue weighted by Gasteiger charge is -2.16. The molecule has 1 atom stereocenters. The molecule has 0 amide bonds. The predicted molar refractivity (Wildman–Crippen MR) is 67.9 cm³/mol. The molecular weight excluding hydrogens is 214 g/mol. The van der Waals surface area contributed by atoms with Gasteiger partial charge in [-0.2, -0.15) is 5.10 Å². The van der Waals surface area contributed by atoms with Crippen LogP contribution in [0.2, 0.25) is 0 Å². The Morgan fingerprint density at radius 1 is 1.41 bits per heavy atom. The van der Waals surface area contributed by atoms with Gasteiger partial charge in [-0.15, -0.1) is 0 Å². The standard InChI is InChI=1S/C12H17N5/c1-2-17-8-9(7-15-17)12(16-14)10-5-3-4-6-11(10)13/h3-8,12,16H,2,13-14H2,1H3. The first-order valence-corrected chi connectivity index (χ1v) is 5.59. The number of nitrogens with one attached hydrogen (secondary N) is 1. The predicted octanol–water partition coefficient (Wildman–Crippen LogP) is 1.04. The Labute approximate surface area is 100 Å². The minimum atomic E-state index is -0.128. The number of aryl methyl sites for hydroxylation is 1. The summed E-state index contributed by atoms with van der Waals surface area (Å²) in [6.07, 6.45) is 3.78. The van der Waals surface area contributed by atoms with Gasteiger partial charge in [0.15, 0.2) is 0 Å². The molecule has 2 aromatic rings. The number of nitrogens with two attached hydrogens (primary N) is 2. The van der Waals surface area contributed by atoms with E-state index in [1.54, 1.807) is 6.20 Å². The van der Waals surface area contributed by atoms with Crippen molar-refractivity contribution >= 4 is 5.69 Å². The quantitative estimate of drug-likeness (QED) is 0.417. The number of benzene rings is 1. The molecule has 0 fully saturated rings. The Morgan fingerprint density at radius 2 is 2.18 bits per heavy atom. The highest BCUT2D eigenvalue weighted by molar-refractivity contribution is 5.50.